The molecule has 3 nitrogen and oxygen atoms in total. The van der Waals surface area contributed by atoms with Gasteiger partial charge in [0, 0.05) is 14.0 Å². The largest absolute Gasteiger partial charge is 0.277 e. The molecule has 0 saturated carbocycles. The standard InChI is InChI=1S/C14H12Br2ClNO2S/c1-8-3-5-10(6-4-8)21(19,20)18-14-11(15)7-12(17)9(2)13(14)16/h3-7,18H,1-2H3. The number of benzene rings is 2. The molecule has 0 aliphatic rings. The lowest BCUT2D eigenvalue weighted by Gasteiger charge is -2.14. The first-order valence-corrected chi connectivity index (χ1v) is 9.40. The van der Waals surface area contributed by atoms with E-state index in [9.17, 15) is 8.42 Å². The van der Waals surface area contributed by atoms with Crippen LogP contribution in [-0.4, -0.2) is 8.42 Å². The Bertz CT molecular complexity index is 790. The van der Waals surface area contributed by atoms with E-state index in [4.69, 9.17) is 11.6 Å². The molecule has 0 unspecified atom stereocenters. The molecule has 0 spiro atoms. The van der Waals surface area contributed by atoms with Gasteiger partial charge in [0.1, 0.15) is 0 Å². The molecule has 0 fully saturated rings. The molecule has 0 radical (unpaired) electrons. The lowest BCUT2D eigenvalue weighted by Crippen LogP contribution is -2.14. The van der Waals surface area contributed by atoms with Crippen LogP contribution in [0.2, 0.25) is 5.02 Å². The van der Waals surface area contributed by atoms with E-state index in [-0.39, 0.29) is 4.90 Å². The Labute approximate surface area is 146 Å². The van der Waals surface area contributed by atoms with Crippen molar-refractivity contribution >= 4 is 59.2 Å². The van der Waals surface area contributed by atoms with Crippen LogP contribution in [0.5, 0.6) is 0 Å². The molecule has 7 heteroatoms. The molecule has 2 rings (SSSR count). The van der Waals surface area contributed by atoms with Crippen LogP contribution in [0.25, 0.3) is 0 Å². The lowest BCUT2D eigenvalue weighted by atomic mass is 10.2. The van der Waals surface area contributed by atoms with Gasteiger partial charge in [0.05, 0.1) is 10.6 Å². The van der Waals surface area contributed by atoms with Gasteiger partial charge in [0.15, 0.2) is 0 Å². The van der Waals surface area contributed by atoms with Crippen molar-refractivity contribution in [3.05, 3.63) is 55.4 Å². The third-order valence-electron chi connectivity index (χ3n) is 2.97. The van der Waals surface area contributed by atoms with E-state index in [0.717, 1.165) is 11.1 Å². The molecule has 0 aromatic heterocycles. The average molecular weight is 454 g/mol. The van der Waals surface area contributed by atoms with Gasteiger partial charge >= 0.3 is 0 Å². The van der Waals surface area contributed by atoms with Crippen molar-refractivity contribution in [1.29, 1.82) is 0 Å². The Kier molecular flexibility index (Phi) is 5.03. The molecule has 0 atom stereocenters. The highest BCUT2D eigenvalue weighted by atomic mass is 79.9. The molecule has 2 aromatic rings. The molecule has 112 valence electrons. The number of halogens is 3. The maximum atomic E-state index is 12.4. The molecule has 0 bridgehead atoms. The Morgan fingerprint density at radius 2 is 1.67 bits per heavy atom. The van der Waals surface area contributed by atoms with Crippen molar-refractivity contribution in [3.8, 4) is 0 Å². The van der Waals surface area contributed by atoms with Crippen molar-refractivity contribution in [1.82, 2.24) is 0 Å². The Morgan fingerprint density at radius 1 is 1.10 bits per heavy atom. The SMILES string of the molecule is Cc1ccc(S(=O)(=O)Nc2c(Br)cc(Cl)c(C)c2Br)cc1. The maximum absolute atomic E-state index is 12.4. The molecule has 2 aromatic carbocycles. The molecular weight excluding hydrogens is 441 g/mol. The summed E-state index contributed by atoms with van der Waals surface area (Å²) in [7, 11) is -3.66. The quantitative estimate of drug-likeness (QED) is 0.687. The summed E-state index contributed by atoms with van der Waals surface area (Å²) < 4.78 is 28.6. The third kappa shape index (κ3) is 3.62. The zero-order valence-electron chi connectivity index (χ0n) is 11.2. The zero-order chi connectivity index (χ0) is 15.8. The highest BCUT2D eigenvalue weighted by Gasteiger charge is 2.19. The zero-order valence-corrected chi connectivity index (χ0v) is 16.0. The minimum atomic E-state index is -3.66. The second-order valence-corrected chi connectivity index (χ2v) is 8.31. The monoisotopic (exact) mass is 451 g/mol. The minimum absolute atomic E-state index is 0.208. The normalized spacial score (nSPS) is 11.5. The number of hydrogen-bond acceptors (Lipinski definition) is 2. The molecule has 0 heterocycles. The predicted molar refractivity (Wildman–Crippen MR) is 93.6 cm³/mol. The van der Waals surface area contributed by atoms with Crippen LogP contribution >= 0.6 is 43.5 Å². The van der Waals surface area contributed by atoms with Crippen molar-refractivity contribution in [2.24, 2.45) is 0 Å². The van der Waals surface area contributed by atoms with Crippen molar-refractivity contribution in [3.63, 3.8) is 0 Å². The summed E-state index contributed by atoms with van der Waals surface area (Å²) in [6.45, 7) is 3.71. The smallest absolute Gasteiger partial charge is 0.261 e. The first-order chi connectivity index (χ1) is 9.72. The van der Waals surface area contributed by atoms with E-state index >= 15 is 0 Å². The number of rotatable bonds is 3. The summed E-state index contributed by atoms with van der Waals surface area (Å²) in [4.78, 5) is 0.208. The lowest BCUT2D eigenvalue weighted by molar-refractivity contribution is 0.601. The molecular formula is C14H12Br2ClNO2S. The number of anilines is 1. The van der Waals surface area contributed by atoms with Crippen molar-refractivity contribution in [2.75, 3.05) is 4.72 Å². The van der Waals surface area contributed by atoms with Crippen LogP contribution in [0.3, 0.4) is 0 Å². The van der Waals surface area contributed by atoms with Gasteiger partial charge in [-0.3, -0.25) is 4.72 Å². The van der Waals surface area contributed by atoms with Crippen LogP contribution in [0, 0.1) is 13.8 Å². The molecule has 0 saturated heterocycles. The third-order valence-corrected chi connectivity index (χ3v) is 6.34. The summed E-state index contributed by atoms with van der Waals surface area (Å²) in [6, 6.07) is 8.32. The molecule has 21 heavy (non-hydrogen) atoms. The Hall–Kier alpha value is -0.560. The Balaban J connectivity index is 2.47. The van der Waals surface area contributed by atoms with Gasteiger partial charge in [-0.05, 0) is 69.5 Å². The van der Waals surface area contributed by atoms with E-state index < -0.39 is 10.0 Å². The van der Waals surface area contributed by atoms with Gasteiger partial charge in [-0.15, -0.1) is 0 Å². The van der Waals surface area contributed by atoms with Gasteiger partial charge < -0.3 is 0 Å². The fourth-order valence-electron chi connectivity index (χ4n) is 1.69. The van der Waals surface area contributed by atoms with E-state index in [1.54, 1.807) is 30.3 Å². The highest BCUT2D eigenvalue weighted by molar-refractivity contribution is 9.11. The van der Waals surface area contributed by atoms with E-state index in [0.29, 0.717) is 19.7 Å². The topological polar surface area (TPSA) is 46.2 Å². The van der Waals surface area contributed by atoms with Gasteiger partial charge in [-0.1, -0.05) is 29.3 Å². The fraction of sp³-hybridized carbons (Fsp3) is 0.143. The summed E-state index contributed by atoms with van der Waals surface area (Å²) in [5.74, 6) is 0. The van der Waals surface area contributed by atoms with E-state index in [2.05, 4.69) is 36.6 Å². The first kappa shape index (κ1) is 16.8. The predicted octanol–water partition coefficient (Wildman–Crippen LogP) is 5.28. The van der Waals surface area contributed by atoms with Crippen LogP contribution in [0.15, 0.2) is 44.2 Å². The van der Waals surface area contributed by atoms with Crippen LogP contribution in [-0.2, 0) is 10.0 Å². The van der Waals surface area contributed by atoms with Gasteiger partial charge in [-0.2, -0.15) is 0 Å². The second kappa shape index (κ2) is 6.28. The molecule has 0 amide bonds. The van der Waals surface area contributed by atoms with Crippen molar-refractivity contribution < 1.29 is 8.42 Å². The molecule has 1 N–H and O–H groups in total. The summed E-state index contributed by atoms with van der Waals surface area (Å²) in [5, 5.41) is 0.548. The first-order valence-electron chi connectivity index (χ1n) is 5.96. The number of nitrogens with one attached hydrogen (secondary N) is 1. The second-order valence-electron chi connectivity index (χ2n) is 4.57. The number of hydrogen-bond donors (Lipinski definition) is 1. The average Bonchev–Trinajstić information content (AvgIpc) is 2.42. The molecule has 0 aliphatic carbocycles. The summed E-state index contributed by atoms with van der Waals surface area (Å²) in [6.07, 6.45) is 0. The number of sulfonamides is 1. The van der Waals surface area contributed by atoms with E-state index in [1.807, 2.05) is 13.8 Å². The minimum Gasteiger partial charge on any atom is -0.277 e. The maximum Gasteiger partial charge on any atom is 0.261 e. The number of aryl methyl sites for hydroxylation is 1. The summed E-state index contributed by atoms with van der Waals surface area (Å²) in [5.41, 5.74) is 2.19. The summed E-state index contributed by atoms with van der Waals surface area (Å²) >= 11 is 12.8. The van der Waals surface area contributed by atoms with Gasteiger partial charge in [-0.25, -0.2) is 8.42 Å². The molecule has 0 aliphatic heterocycles. The van der Waals surface area contributed by atoms with Crippen molar-refractivity contribution in [2.45, 2.75) is 18.7 Å². The van der Waals surface area contributed by atoms with Gasteiger partial charge in [0.2, 0.25) is 0 Å². The Morgan fingerprint density at radius 3 is 2.24 bits per heavy atom. The van der Waals surface area contributed by atoms with Crippen LogP contribution in [0.4, 0.5) is 5.69 Å². The highest BCUT2D eigenvalue weighted by Crippen LogP contribution is 2.38. The van der Waals surface area contributed by atoms with Crippen LogP contribution < -0.4 is 4.72 Å². The fourth-order valence-corrected chi connectivity index (χ4v) is 4.82. The van der Waals surface area contributed by atoms with Gasteiger partial charge in [0.25, 0.3) is 10.0 Å². The van der Waals surface area contributed by atoms with E-state index in [1.165, 1.54) is 0 Å². The van der Waals surface area contributed by atoms with Crippen LogP contribution in [0.1, 0.15) is 11.1 Å².